The lowest BCUT2D eigenvalue weighted by Gasteiger charge is -2.10. The molecule has 5 nitrogen and oxygen atoms in total. The van der Waals surface area contributed by atoms with Gasteiger partial charge in [-0.3, -0.25) is 4.79 Å². The Morgan fingerprint density at radius 1 is 0.967 bits per heavy atom. The number of methoxy groups -OCH3 is 1. The molecule has 0 saturated carbocycles. The zero-order valence-corrected chi connectivity index (χ0v) is 16.3. The molecule has 0 fully saturated rings. The fourth-order valence-corrected chi connectivity index (χ4v) is 2.66. The number of amides is 1. The van der Waals surface area contributed by atoms with Gasteiger partial charge in [0.1, 0.15) is 12.3 Å². The Hall–Kier alpha value is -3.93. The van der Waals surface area contributed by atoms with Crippen molar-refractivity contribution < 1.29 is 23.5 Å². The molecule has 0 aliphatic rings. The maximum Gasteiger partial charge on any atom is 0.354 e. The van der Waals surface area contributed by atoms with E-state index in [1.165, 1.54) is 31.4 Å². The molecule has 1 N–H and O–H groups in total. The summed E-state index contributed by atoms with van der Waals surface area (Å²) < 4.78 is 24.5. The zero-order chi connectivity index (χ0) is 21.3. The second-order valence-electron chi connectivity index (χ2n) is 6.33. The highest BCUT2D eigenvalue weighted by Crippen LogP contribution is 2.22. The molecule has 0 spiro atoms. The van der Waals surface area contributed by atoms with E-state index in [-0.39, 0.29) is 18.1 Å². The Balaban J connectivity index is 1.81. The van der Waals surface area contributed by atoms with Crippen LogP contribution in [-0.2, 0) is 16.1 Å². The number of rotatable bonds is 7. The van der Waals surface area contributed by atoms with E-state index < -0.39 is 17.7 Å². The van der Waals surface area contributed by atoms with Crippen LogP contribution >= 0.6 is 0 Å². The number of esters is 1. The van der Waals surface area contributed by atoms with Crippen LogP contribution in [0.2, 0.25) is 0 Å². The van der Waals surface area contributed by atoms with E-state index in [4.69, 9.17) is 9.47 Å². The first-order valence-corrected chi connectivity index (χ1v) is 9.19. The number of ether oxygens (including phenoxy) is 2. The van der Waals surface area contributed by atoms with E-state index in [0.717, 1.165) is 5.56 Å². The van der Waals surface area contributed by atoms with E-state index in [9.17, 15) is 14.0 Å². The molecule has 1 amide bonds. The fourth-order valence-electron chi connectivity index (χ4n) is 2.66. The van der Waals surface area contributed by atoms with E-state index in [0.29, 0.717) is 11.1 Å². The van der Waals surface area contributed by atoms with Crippen LogP contribution in [0, 0.1) is 5.82 Å². The van der Waals surface area contributed by atoms with Gasteiger partial charge in [-0.15, -0.1) is 0 Å². The molecular formula is C24H20FNO4. The molecule has 0 aromatic heterocycles. The van der Waals surface area contributed by atoms with Gasteiger partial charge in [-0.2, -0.15) is 0 Å². The van der Waals surface area contributed by atoms with Crippen LogP contribution in [0.1, 0.15) is 21.5 Å². The summed E-state index contributed by atoms with van der Waals surface area (Å²) in [5.74, 6) is -1.69. The SMILES string of the molecule is COC(=O)/C(=C/c1ccc(F)c(OCc2ccccc2)c1)NC(=O)c1ccccc1. The van der Waals surface area contributed by atoms with E-state index in [2.05, 4.69) is 5.32 Å². The van der Waals surface area contributed by atoms with Crippen LogP contribution in [0.3, 0.4) is 0 Å². The van der Waals surface area contributed by atoms with Crippen molar-refractivity contribution in [2.45, 2.75) is 6.61 Å². The first-order valence-electron chi connectivity index (χ1n) is 9.19. The topological polar surface area (TPSA) is 64.6 Å². The largest absolute Gasteiger partial charge is 0.486 e. The lowest BCUT2D eigenvalue weighted by molar-refractivity contribution is -0.136. The predicted octanol–water partition coefficient (Wildman–Crippen LogP) is 4.35. The normalized spacial score (nSPS) is 10.9. The maximum atomic E-state index is 14.2. The molecular weight excluding hydrogens is 385 g/mol. The molecule has 152 valence electrons. The lowest BCUT2D eigenvalue weighted by atomic mass is 10.1. The number of benzene rings is 3. The summed E-state index contributed by atoms with van der Waals surface area (Å²) in [7, 11) is 1.21. The van der Waals surface area contributed by atoms with Crippen LogP contribution in [-0.4, -0.2) is 19.0 Å². The quantitative estimate of drug-likeness (QED) is 0.469. The van der Waals surface area contributed by atoms with Gasteiger partial charge in [0.05, 0.1) is 7.11 Å². The highest BCUT2D eigenvalue weighted by atomic mass is 19.1. The fraction of sp³-hybridized carbons (Fsp3) is 0.0833. The van der Waals surface area contributed by atoms with Gasteiger partial charge in [0.2, 0.25) is 0 Å². The molecule has 6 heteroatoms. The number of hydrogen-bond donors (Lipinski definition) is 1. The van der Waals surface area contributed by atoms with Crippen molar-refractivity contribution >= 4 is 18.0 Å². The van der Waals surface area contributed by atoms with Crippen molar-refractivity contribution in [1.29, 1.82) is 0 Å². The van der Waals surface area contributed by atoms with Gasteiger partial charge in [-0.25, -0.2) is 9.18 Å². The Morgan fingerprint density at radius 3 is 2.30 bits per heavy atom. The predicted molar refractivity (Wildman–Crippen MR) is 111 cm³/mol. The summed E-state index contributed by atoms with van der Waals surface area (Å²) in [4.78, 5) is 24.5. The van der Waals surface area contributed by atoms with Gasteiger partial charge in [-0.05, 0) is 41.5 Å². The van der Waals surface area contributed by atoms with E-state index >= 15 is 0 Å². The highest BCUT2D eigenvalue weighted by molar-refractivity contribution is 6.03. The summed E-state index contributed by atoms with van der Waals surface area (Å²) in [6.07, 6.45) is 1.40. The number of carbonyl (C=O) groups excluding carboxylic acids is 2. The second kappa shape index (κ2) is 10.0. The van der Waals surface area contributed by atoms with Crippen LogP contribution in [0.5, 0.6) is 5.75 Å². The van der Waals surface area contributed by atoms with Crippen molar-refractivity contribution in [2.24, 2.45) is 0 Å². The summed E-state index contributed by atoms with van der Waals surface area (Å²) in [5, 5.41) is 2.54. The summed E-state index contributed by atoms with van der Waals surface area (Å²) >= 11 is 0. The van der Waals surface area contributed by atoms with Crippen LogP contribution in [0.15, 0.2) is 84.6 Å². The standard InChI is InChI=1S/C24H20FNO4/c1-29-24(28)21(26-23(27)19-10-6-3-7-11-19)14-18-12-13-20(25)22(15-18)30-16-17-8-4-2-5-9-17/h2-15H,16H2,1H3,(H,26,27)/b21-14-. The third-order valence-electron chi connectivity index (χ3n) is 4.19. The molecule has 0 unspecified atom stereocenters. The van der Waals surface area contributed by atoms with Gasteiger partial charge in [0, 0.05) is 5.56 Å². The molecule has 30 heavy (non-hydrogen) atoms. The van der Waals surface area contributed by atoms with Crippen molar-refractivity contribution in [3.8, 4) is 5.75 Å². The minimum atomic E-state index is -0.727. The third kappa shape index (κ3) is 5.54. The molecule has 3 aromatic rings. The third-order valence-corrected chi connectivity index (χ3v) is 4.19. The minimum Gasteiger partial charge on any atom is -0.486 e. The van der Waals surface area contributed by atoms with Gasteiger partial charge >= 0.3 is 5.97 Å². The molecule has 0 heterocycles. The molecule has 3 rings (SSSR count). The monoisotopic (exact) mass is 405 g/mol. The number of carbonyl (C=O) groups is 2. The van der Waals surface area contributed by atoms with Crippen molar-refractivity contribution in [3.63, 3.8) is 0 Å². The smallest absolute Gasteiger partial charge is 0.354 e. The summed E-state index contributed by atoms with van der Waals surface area (Å²) in [6, 6.07) is 22.0. The maximum absolute atomic E-state index is 14.2. The minimum absolute atomic E-state index is 0.0335. The molecule has 0 radical (unpaired) electrons. The first-order chi connectivity index (χ1) is 14.6. The Bertz CT molecular complexity index is 1050. The number of nitrogens with one attached hydrogen (secondary N) is 1. The van der Waals surface area contributed by atoms with Crippen molar-refractivity contribution in [2.75, 3.05) is 7.11 Å². The van der Waals surface area contributed by atoms with Crippen molar-refractivity contribution in [1.82, 2.24) is 5.32 Å². The van der Waals surface area contributed by atoms with Gasteiger partial charge in [0.15, 0.2) is 11.6 Å². The number of halogens is 1. The van der Waals surface area contributed by atoms with Crippen LogP contribution in [0.25, 0.3) is 6.08 Å². The molecule has 3 aromatic carbocycles. The van der Waals surface area contributed by atoms with E-state index in [1.54, 1.807) is 30.3 Å². The van der Waals surface area contributed by atoms with Crippen molar-refractivity contribution in [3.05, 3.63) is 107 Å². The van der Waals surface area contributed by atoms with Gasteiger partial charge in [-0.1, -0.05) is 54.6 Å². The van der Waals surface area contributed by atoms with Crippen LogP contribution < -0.4 is 10.1 Å². The average molecular weight is 405 g/mol. The van der Waals surface area contributed by atoms with Gasteiger partial charge in [0.25, 0.3) is 5.91 Å². The Kier molecular flexibility index (Phi) is 6.95. The summed E-state index contributed by atoms with van der Waals surface area (Å²) in [5.41, 5.74) is 1.67. The molecule has 0 aliphatic heterocycles. The average Bonchev–Trinajstić information content (AvgIpc) is 2.79. The Labute approximate surface area is 173 Å². The first kappa shape index (κ1) is 20.8. The molecule has 0 bridgehead atoms. The molecule has 0 saturated heterocycles. The zero-order valence-electron chi connectivity index (χ0n) is 16.3. The van der Waals surface area contributed by atoms with Crippen LogP contribution in [0.4, 0.5) is 4.39 Å². The number of hydrogen-bond acceptors (Lipinski definition) is 4. The molecule has 0 atom stereocenters. The summed E-state index contributed by atoms with van der Waals surface area (Å²) in [6.45, 7) is 0.194. The molecule has 0 aliphatic carbocycles. The second-order valence-corrected chi connectivity index (χ2v) is 6.33. The Morgan fingerprint density at radius 2 is 1.63 bits per heavy atom. The lowest BCUT2D eigenvalue weighted by Crippen LogP contribution is -2.28. The van der Waals surface area contributed by atoms with Gasteiger partial charge < -0.3 is 14.8 Å². The van der Waals surface area contributed by atoms with E-state index in [1.807, 2.05) is 30.3 Å². The highest BCUT2D eigenvalue weighted by Gasteiger charge is 2.15.